The van der Waals surface area contributed by atoms with Crippen LogP contribution in [-0.2, 0) is 14.4 Å². The van der Waals surface area contributed by atoms with Crippen LogP contribution in [0.1, 0.15) is 44.4 Å². The van der Waals surface area contributed by atoms with Crippen molar-refractivity contribution in [2.75, 3.05) is 6.61 Å². The van der Waals surface area contributed by atoms with Gasteiger partial charge in [0.05, 0.1) is 6.61 Å². The van der Waals surface area contributed by atoms with Crippen molar-refractivity contribution in [2.24, 2.45) is 0 Å². The Morgan fingerprint density at radius 1 is 0.929 bits per heavy atom. The second kappa shape index (κ2) is 8.14. The van der Waals surface area contributed by atoms with Crippen LogP contribution in [-0.4, -0.2) is 29.3 Å². The highest BCUT2D eigenvalue weighted by atomic mass is 32.2. The number of carbonyl (C=O) groups is 4. The Labute approximate surface area is 167 Å². The summed E-state index contributed by atoms with van der Waals surface area (Å²) in [4.78, 5) is 47.6. The topological polar surface area (TPSA) is 89.5 Å². The van der Waals surface area contributed by atoms with E-state index >= 15 is 0 Å². The number of rotatable bonds is 6. The van der Waals surface area contributed by atoms with Crippen molar-refractivity contribution >= 4 is 34.5 Å². The molecule has 1 atom stereocenters. The predicted octanol–water partition coefficient (Wildman–Crippen LogP) is 3.67. The third kappa shape index (κ3) is 3.94. The molecule has 1 aromatic rings. The van der Waals surface area contributed by atoms with Gasteiger partial charge in [-0.25, -0.2) is 0 Å². The van der Waals surface area contributed by atoms with Gasteiger partial charge >= 0.3 is 0 Å². The van der Waals surface area contributed by atoms with Gasteiger partial charge in [-0.1, -0.05) is 12.1 Å². The van der Waals surface area contributed by atoms with Gasteiger partial charge < -0.3 is 4.74 Å². The zero-order valence-corrected chi connectivity index (χ0v) is 16.8. The summed E-state index contributed by atoms with van der Waals surface area (Å²) in [6, 6.07) is 7.03. The molecule has 0 radical (unpaired) electrons. The van der Waals surface area contributed by atoms with Crippen LogP contribution in [0, 0.1) is 0 Å². The van der Waals surface area contributed by atoms with Crippen LogP contribution in [0.4, 0.5) is 4.79 Å². The van der Waals surface area contributed by atoms with E-state index in [9.17, 15) is 19.2 Å². The number of ether oxygens (including phenoxy) is 1. The predicted molar refractivity (Wildman–Crippen MR) is 106 cm³/mol. The molecule has 0 saturated carbocycles. The Hall–Kier alpha value is -2.67. The molecule has 1 aliphatic heterocycles. The first kappa shape index (κ1) is 20.1. The summed E-state index contributed by atoms with van der Waals surface area (Å²) in [5, 5.41) is 1.40. The molecule has 0 spiro atoms. The standard InChI is InChI=1S/C21H21NO5S/c1-11-12(2)18(24)16(13(3)17(11)23)5-4-10-27-15-8-6-14(7-9-15)19-20(25)22-21(26)28-19/h6-9,19H,4-5,10H2,1-3H3,(H,22,25,26). The Morgan fingerprint density at radius 2 is 1.57 bits per heavy atom. The molecule has 1 heterocycles. The molecule has 1 saturated heterocycles. The summed E-state index contributed by atoms with van der Waals surface area (Å²) in [6.07, 6.45) is 1.09. The summed E-state index contributed by atoms with van der Waals surface area (Å²) in [7, 11) is 0. The fraction of sp³-hybridized carbons (Fsp3) is 0.333. The highest BCUT2D eigenvalue weighted by Gasteiger charge is 2.32. The molecule has 1 aromatic carbocycles. The largest absolute Gasteiger partial charge is 0.494 e. The minimum absolute atomic E-state index is 0.0548. The number of Topliss-reactive ketones (excluding diaryl/α,β-unsaturated/α-hetero) is 2. The highest BCUT2D eigenvalue weighted by Crippen LogP contribution is 2.34. The van der Waals surface area contributed by atoms with E-state index in [0.717, 1.165) is 17.3 Å². The Bertz CT molecular complexity index is 927. The number of carbonyl (C=O) groups excluding carboxylic acids is 4. The number of allylic oxidation sites excluding steroid dienone is 4. The number of nitrogens with one attached hydrogen (secondary N) is 1. The monoisotopic (exact) mass is 399 g/mol. The zero-order chi connectivity index (χ0) is 20.4. The molecule has 28 heavy (non-hydrogen) atoms. The molecule has 3 rings (SSSR count). The van der Waals surface area contributed by atoms with Crippen molar-refractivity contribution in [3.8, 4) is 5.75 Å². The smallest absolute Gasteiger partial charge is 0.286 e. The third-order valence-corrected chi connectivity index (χ3v) is 6.06. The van der Waals surface area contributed by atoms with E-state index in [1.165, 1.54) is 0 Å². The second-order valence-electron chi connectivity index (χ2n) is 6.81. The lowest BCUT2D eigenvalue weighted by Gasteiger charge is -2.18. The number of imide groups is 1. The van der Waals surface area contributed by atoms with Crippen molar-refractivity contribution in [1.82, 2.24) is 5.32 Å². The van der Waals surface area contributed by atoms with Gasteiger partial charge in [0, 0.05) is 22.3 Å². The lowest BCUT2D eigenvalue weighted by atomic mass is 9.84. The number of amides is 2. The van der Waals surface area contributed by atoms with Gasteiger partial charge in [0.25, 0.3) is 5.24 Å². The molecule has 1 aliphatic carbocycles. The SMILES string of the molecule is CC1=C(C)C(=O)C(CCCOc2ccc(C3SC(=O)NC3=O)cc2)=C(C)C1=O. The molecule has 1 fully saturated rings. The third-order valence-electron chi connectivity index (χ3n) is 5.02. The molecule has 2 aliphatic rings. The minimum atomic E-state index is -0.522. The van der Waals surface area contributed by atoms with E-state index in [-0.39, 0.29) is 22.7 Å². The van der Waals surface area contributed by atoms with Crippen LogP contribution in [0.2, 0.25) is 0 Å². The van der Waals surface area contributed by atoms with Gasteiger partial charge in [-0.3, -0.25) is 24.5 Å². The fourth-order valence-electron chi connectivity index (χ4n) is 3.21. The van der Waals surface area contributed by atoms with Crippen LogP contribution in [0.25, 0.3) is 0 Å². The van der Waals surface area contributed by atoms with Gasteiger partial charge in [-0.2, -0.15) is 0 Å². The van der Waals surface area contributed by atoms with E-state index in [2.05, 4.69) is 5.32 Å². The van der Waals surface area contributed by atoms with E-state index in [1.807, 2.05) is 0 Å². The van der Waals surface area contributed by atoms with E-state index in [4.69, 9.17) is 4.74 Å². The fourth-order valence-corrected chi connectivity index (χ4v) is 4.04. The summed E-state index contributed by atoms with van der Waals surface area (Å²) in [5.74, 6) is 0.220. The molecule has 2 amide bonds. The highest BCUT2D eigenvalue weighted by molar-refractivity contribution is 8.15. The van der Waals surface area contributed by atoms with Crippen LogP contribution in [0.5, 0.6) is 5.75 Å². The Balaban J connectivity index is 1.53. The maximum Gasteiger partial charge on any atom is 0.286 e. The molecular weight excluding hydrogens is 378 g/mol. The van der Waals surface area contributed by atoms with E-state index in [1.54, 1.807) is 45.0 Å². The van der Waals surface area contributed by atoms with Crippen LogP contribution in [0.15, 0.2) is 46.6 Å². The number of hydrogen-bond donors (Lipinski definition) is 1. The molecule has 0 bridgehead atoms. The van der Waals surface area contributed by atoms with Crippen LogP contribution < -0.4 is 10.1 Å². The van der Waals surface area contributed by atoms with Gasteiger partial charge in [0.15, 0.2) is 11.6 Å². The van der Waals surface area contributed by atoms with Crippen LogP contribution in [0.3, 0.4) is 0 Å². The number of ketones is 2. The van der Waals surface area contributed by atoms with Gasteiger partial charge in [-0.15, -0.1) is 0 Å². The first-order valence-electron chi connectivity index (χ1n) is 9.00. The zero-order valence-electron chi connectivity index (χ0n) is 16.0. The molecular formula is C21H21NO5S. The van der Waals surface area contributed by atoms with Crippen molar-refractivity contribution < 1.29 is 23.9 Å². The molecule has 7 heteroatoms. The first-order valence-corrected chi connectivity index (χ1v) is 9.88. The number of hydrogen-bond acceptors (Lipinski definition) is 6. The van der Waals surface area contributed by atoms with Crippen molar-refractivity contribution in [3.05, 3.63) is 52.1 Å². The van der Waals surface area contributed by atoms with Crippen molar-refractivity contribution in [2.45, 2.75) is 38.9 Å². The van der Waals surface area contributed by atoms with Gasteiger partial charge in [-0.05, 0) is 63.1 Å². The lowest BCUT2D eigenvalue weighted by molar-refractivity contribution is -0.119. The molecule has 0 aromatic heterocycles. The average molecular weight is 399 g/mol. The maximum atomic E-state index is 12.4. The maximum absolute atomic E-state index is 12.4. The minimum Gasteiger partial charge on any atom is -0.494 e. The molecule has 6 nitrogen and oxygen atoms in total. The van der Waals surface area contributed by atoms with Gasteiger partial charge in [0.2, 0.25) is 5.91 Å². The van der Waals surface area contributed by atoms with Crippen LogP contribution >= 0.6 is 11.8 Å². The number of thioether (sulfide) groups is 1. The summed E-state index contributed by atoms with van der Waals surface area (Å²) in [5.41, 5.74) is 2.89. The summed E-state index contributed by atoms with van der Waals surface area (Å²) < 4.78 is 5.70. The number of benzene rings is 1. The van der Waals surface area contributed by atoms with Crippen molar-refractivity contribution in [1.29, 1.82) is 0 Å². The average Bonchev–Trinajstić information content (AvgIpc) is 3.02. The second-order valence-corrected chi connectivity index (χ2v) is 7.89. The van der Waals surface area contributed by atoms with Crippen molar-refractivity contribution in [3.63, 3.8) is 0 Å². The van der Waals surface area contributed by atoms with E-state index < -0.39 is 5.25 Å². The van der Waals surface area contributed by atoms with E-state index in [0.29, 0.717) is 47.5 Å². The Kier molecular flexibility index (Phi) is 5.84. The summed E-state index contributed by atoms with van der Waals surface area (Å²) in [6.45, 7) is 5.48. The Morgan fingerprint density at radius 3 is 2.18 bits per heavy atom. The van der Waals surface area contributed by atoms with Gasteiger partial charge in [0.1, 0.15) is 11.0 Å². The molecule has 1 N–H and O–H groups in total. The summed E-state index contributed by atoms with van der Waals surface area (Å²) >= 11 is 0.962. The lowest BCUT2D eigenvalue weighted by Crippen LogP contribution is -2.21. The molecule has 146 valence electrons. The first-order chi connectivity index (χ1) is 13.3. The quantitative estimate of drug-likeness (QED) is 0.580. The normalized spacial score (nSPS) is 20.2. The molecule has 1 unspecified atom stereocenters.